The predicted molar refractivity (Wildman–Crippen MR) is 83.5 cm³/mol. The van der Waals surface area contributed by atoms with Gasteiger partial charge in [-0.15, -0.1) is 0 Å². The van der Waals surface area contributed by atoms with E-state index in [0.29, 0.717) is 11.9 Å². The Hall–Kier alpha value is -2.06. The average molecular weight is 360 g/mol. The summed E-state index contributed by atoms with van der Waals surface area (Å²) in [5.41, 5.74) is 2.36. The third-order valence-corrected chi connectivity index (χ3v) is 4.08. The van der Waals surface area contributed by atoms with Gasteiger partial charge in [-0.2, -0.15) is 0 Å². The number of halogens is 5. The van der Waals surface area contributed by atoms with E-state index in [-0.39, 0.29) is 6.54 Å². The number of hydrogen-bond acceptors (Lipinski definition) is 3. The fourth-order valence-corrected chi connectivity index (χ4v) is 2.58. The molecule has 0 aromatic heterocycles. The van der Waals surface area contributed by atoms with E-state index in [1.54, 1.807) is 31.3 Å². The van der Waals surface area contributed by atoms with Crippen LogP contribution in [-0.2, 0) is 6.54 Å². The van der Waals surface area contributed by atoms with Crippen LogP contribution in [0.3, 0.4) is 0 Å². The van der Waals surface area contributed by atoms with Crippen LogP contribution in [0, 0.1) is 29.1 Å². The van der Waals surface area contributed by atoms with Crippen LogP contribution in [0.15, 0.2) is 35.7 Å². The Morgan fingerprint density at radius 1 is 0.917 bits per heavy atom. The summed E-state index contributed by atoms with van der Waals surface area (Å²) in [6, 6.07) is 7.09. The maximum atomic E-state index is 13.5. The molecule has 2 aromatic carbocycles. The van der Waals surface area contributed by atoms with Gasteiger partial charge < -0.3 is 5.32 Å². The standard InChI is InChI=1S/C16H13F5N2S/c1-8(22-2)10-5-3-9(4-6-10)7-23-24-16-14(20)12(18)11(17)13(19)15(16)21/h3-6,22-23H,1,7H2,2H3. The average Bonchev–Trinajstić information content (AvgIpc) is 2.61. The molecule has 0 aliphatic heterocycles. The first-order valence-corrected chi connectivity index (χ1v) is 7.55. The molecule has 8 heteroatoms. The summed E-state index contributed by atoms with van der Waals surface area (Å²) < 4.78 is 68.7. The largest absolute Gasteiger partial charge is 0.388 e. The van der Waals surface area contributed by atoms with Gasteiger partial charge in [0.1, 0.15) is 4.90 Å². The fraction of sp³-hybridized carbons (Fsp3) is 0.125. The number of nitrogens with one attached hydrogen (secondary N) is 2. The van der Waals surface area contributed by atoms with Gasteiger partial charge in [0.2, 0.25) is 5.82 Å². The second-order valence-electron chi connectivity index (χ2n) is 4.75. The van der Waals surface area contributed by atoms with E-state index in [1.165, 1.54) is 0 Å². The van der Waals surface area contributed by atoms with E-state index in [1.807, 2.05) is 0 Å². The molecule has 0 spiro atoms. The molecule has 0 heterocycles. The topological polar surface area (TPSA) is 24.1 Å². The third-order valence-electron chi connectivity index (χ3n) is 3.22. The second-order valence-corrected chi connectivity index (χ2v) is 5.65. The fourth-order valence-electron chi connectivity index (χ4n) is 1.83. The van der Waals surface area contributed by atoms with Gasteiger partial charge in [0, 0.05) is 19.3 Å². The van der Waals surface area contributed by atoms with Gasteiger partial charge in [-0.25, -0.2) is 22.0 Å². The lowest BCUT2D eigenvalue weighted by molar-refractivity contribution is 0.360. The minimum atomic E-state index is -2.17. The summed E-state index contributed by atoms with van der Waals surface area (Å²) in [5.74, 6) is -9.81. The summed E-state index contributed by atoms with van der Waals surface area (Å²) in [6.45, 7) is 3.97. The predicted octanol–water partition coefficient (Wildman–Crippen LogP) is 4.37. The van der Waals surface area contributed by atoms with Gasteiger partial charge in [0.25, 0.3) is 0 Å². The van der Waals surface area contributed by atoms with Crippen molar-refractivity contribution in [1.29, 1.82) is 0 Å². The Bertz CT molecular complexity index is 733. The zero-order valence-electron chi connectivity index (χ0n) is 12.5. The van der Waals surface area contributed by atoms with E-state index in [0.717, 1.165) is 16.8 Å². The Morgan fingerprint density at radius 2 is 1.42 bits per heavy atom. The summed E-state index contributed by atoms with van der Waals surface area (Å²) in [5, 5.41) is 2.89. The van der Waals surface area contributed by atoms with E-state index in [4.69, 9.17) is 0 Å². The smallest absolute Gasteiger partial charge is 0.200 e. The first-order valence-electron chi connectivity index (χ1n) is 6.74. The maximum Gasteiger partial charge on any atom is 0.200 e. The molecule has 2 N–H and O–H groups in total. The highest BCUT2D eigenvalue weighted by Gasteiger charge is 2.25. The van der Waals surface area contributed by atoms with Gasteiger partial charge in [-0.05, 0) is 23.1 Å². The van der Waals surface area contributed by atoms with Gasteiger partial charge in [0.05, 0.1) is 0 Å². The summed E-state index contributed by atoms with van der Waals surface area (Å²) >= 11 is 0.344. The van der Waals surface area contributed by atoms with Crippen LogP contribution in [0.5, 0.6) is 0 Å². The number of rotatable bonds is 6. The van der Waals surface area contributed by atoms with Crippen LogP contribution < -0.4 is 10.0 Å². The quantitative estimate of drug-likeness (QED) is 0.346. The number of benzene rings is 2. The minimum absolute atomic E-state index is 0.163. The maximum absolute atomic E-state index is 13.5. The first kappa shape index (κ1) is 18.3. The molecular weight excluding hydrogens is 347 g/mol. The van der Waals surface area contributed by atoms with Crippen molar-refractivity contribution in [2.75, 3.05) is 7.05 Å². The van der Waals surface area contributed by atoms with Crippen LogP contribution in [0.2, 0.25) is 0 Å². The molecule has 2 nitrogen and oxygen atoms in total. The highest BCUT2D eigenvalue weighted by Crippen LogP contribution is 2.29. The molecule has 0 aliphatic carbocycles. The zero-order valence-corrected chi connectivity index (χ0v) is 13.3. The molecule has 0 saturated carbocycles. The second kappa shape index (κ2) is 7.67. The molecule has 2 rings (SSSR count). The molecule has 128 valence electrons. The Labute approximate surface area is 139 Å². The first-order chi connectivity index (χ1) is 11.4. The highest BCUT2D eigenvalue weighted by atomic mass is 32.2. The van der Waals surface area contributed by atoms with E-state index >= 15 is 0 Å². The molecule has 0 amide bonds. The number of hydrogen-bond donors (Lipinski definition) is 2. The lowest BCUT2D eigenvalue weighted by atomic mass is 10.1. The van der Waals surface area contributed by atoms with Gasteiger partial charge >= 0.3 is 0 Å². The molecule has 0 fully saturated rings. The lowest BCUT2D eigenvalue weighted by Gasteiger charge is -2.09. The SMILES string of the molecule is C=C(NC)c1ccc(CNSc2c(F)c(F)c(F)c(F)c2F)cc1. The summed E-state index contributed by atoms with van der Waals surface area (Å²) in [7, 11) is 1.73. The molecule has 0 unspecified atom stereocenters. The third kappa shape index (κ3) is 3.70. The molecular formula is C16H13F5N2S. The van der Waals surface area contributed by atoms with Gasteiger partial charge in [0.15, 0.2) is 23.3 Å². The van der Waals surface area contributed by atoms with Crippen molar-refractivity contribution in [3.8, 4) is 0 Å². The van der Waals surface area contributed by atoms with Crippen molar-refractivity contribution in [1.82, 2.24) is 10.0 Å². The summed E-state index contributed by atoms with van der Waals surface area (Å²) in [6.07, 6.45) is 0. The Morgan fingerprint density at radius 3 is 1.92 bits per heavy atom. The van der Waals surface area contributed by atoms with Crippen molar-refractivity contribution < 1.29 is 22.0 Å². The van der Waals surface area contributed by atoms with Crippen molar-refractivity contribution in [2.24, 2.45) is 0 Å². The Balaban J connectivity index is 2.06. The van der Waals surface area contributed by atoms with Crippen molar-refractivity contribution in [3.63, 3.8) is 0 Å². The van der Waals surface area contributed by atoms with E-state index < -0.39 is 34.0 Å². The van der Waals surface area contributed by atoms with E-state index in [9.17, 15) is 22.0 Å². The van der Waals surface area contributed by atoms with E-state index in [2.05, 4.69) is 16.6 Å². The van der Waals surface area contributed by atoms with Crippen LogP contribution in [-0.4, -0.2) is 7.05 Å². The van der Waals surface area contributed by atoms with Crippen LogP contribution in [0.4, 0.5) is 22.0 Å². The molecule has 0 aliphatic rings. The molecule has 2 aromatic rings. The summed E-state index contributed by atoms with van der Waals surface area (Å²) in [4.78, 5) is -0.966. The normalized spacial score (nSPS) is 10.8. The zero-order chi connectivity index (χ0) is 17.9. The van der Waals surface area contributed by atoms with Crippen LogP contribution >= 0.6 is 11.9 Å². The van der Waals surface area contributed by atoms with Crippen LogP contribution in [0.1, 0.15) is 11.1 Å². The van der Waals surface area contributed by atoms with Gasteiger partial charge in [-0.3, -0.25) is 4.72 Å². The molecule has 0 atom stereocenters. The van der Waals surface area contributed by atoms with Crippen molar-refractivity contribution >= 4 is 17.6 Å². The highest BCUT2D eigenvalue weighted by molar-refractivity contribution is 7.97. The molecule has 0 radical (unpaired) electrons. The molecule has 24 heavy (non-hydrogen) atoms. The monoisotopic (exact) mass is 360 g/mol. The lowest BCUT2D eigenvalue weighted by Crippen LogP contribution is -2.09. The van der Waals surface area contributed by atoms with Crippen molar-refractivity contribution in [2.45, 2.75) is 11.4 Å². The van der Waals surface area contributed by atoms with Crippen molar-refractivity contribution in [3.05, 3.63) is 71.1 Å². The van der Waals surface area contributed by atoms with Crippen LogP contribution in [0.25, 0.3) is 5.70 Å². The Kier molecular flexibility index (Phi) is 5.84. The van der Waals surface area contributed by atoms with Gasteiger partial charge in [-0.1, -0.05) is 30.8 Å². The molecule has 0 saturated heterocycles. The molecule has 0 bridgehead atoms. The minimum Gasteiger partial charge on any atom is -0.388 e.